The van der Waals surface area contributed by atoms with E-state index in [0.29, 0.717) is 24.3 Å². The Hall–Kier alpha value is -2.03. The summed E-state index contributed by atoms with van der Waals surface area (Å²) in [4.78, 5) is 0. The fourth-order valence-electron chi connectivity index (χ4n) is 3.61. The molecule has 0 N–H and O–H groups in total. The van der Waals surface area contributed by atoms with Crippen LogP contribution in [-0.4, -0.2) is 6.17 Å². The first-order chi connectivity index (χ1) is 12.6. The number of hydrogen-bond donors (Lipinski definition) is 0. The van der Waals surface area contributed by atoms with Crippen LogP contribution in [0.25, 0.3) is 17.2 Å². The van der Waals surface area contributed by atoms with E-state index in [1.807, 2.05) is 37.3 Å². The Morgan fingerprint density at radius 2 is 1.62 bits per heavy atom. The van der Waals surface area contributed by atoms with Gasteiger partial charge in [-0.25, -0.2) is 13.2 Å². The fraction of sp³-hybridized carbons (Fsp3) is 0.391. The molecule has 1 aliphatic rings. The second kappa shape index (κ2) is 8.57. The zero-order chi connectivity index (χ0) is 18.5. The summed E-state index contributed by atoms with van der Waals surface area (Å²) in [6, 6.07) is 10.8. The highest BCUT2D eigenvalue weighted by Gasteiger charge is 2.22. The normalized spacial score (nSPS) is 20.6. The van der Waals surface area contributed by atoms with Gasteiger partial charge in [-0.1, -0.05) is 61.9 Å². The standard InChI is InChI=1S/C23H25F3/c1-2-3-4-5-19-12-15-21(23(26)22(19)25)18-8-6-16(7-9-18)17-10-13-20(24)14-11-17/h4-9,12,15,17,20H,2-3,10-11,13-14H2,1H3/b5-4+. The van der Waals surface area contributed by atoms with Gasteiger partial charge in [-0.15, -0.1) is 0 Å². The fourth-order valence-corrected chi connectivity index (χ4v) is 3.61. The average molecular weight is 358 g/mol. The second-order valence-electron chi connectivity index (χ2n) is 7.09. The molecule has 1 fully saturated rings. The molecule has 2 aromatic carbocycles. The summed E-state index contributed by atoms with van der Waals surface area (Å²) in [6.45, 7) is 2.04. The highest BCUT2D eigenvalue weighted by atomic mass is 19.2. The van der Waals surface area contributed by atoms with E-state index in [4.69, 9.17) is 0 Å². The minimum absolute atomic E-state index is 0.272. The van der Waals surface area contributed by atoms with Gasteiger partial charge < -0.3 is 0 Å². The summed E-state index contributed by atoms with van der Waals surface area (Å²) >= 11 is 0. The predicted octanol–water partition coefficient (Wildman–Crippen LogP) is 7.44. The molecule has 0 heterocycles. The molecule has 0 spiro atoms. The van der Waals surface area contributed by atoms with Gasteiger partial charge in [0.05, 0.1) is 0 Å². The molecule has 0 amide bonds. The SMILES string of the molecule is CCC/C=C/c1ccc(-c2ccc(C3CCC(F)CC3)cc2)c(F)c1F. The van der Waals surface area contributed by atoms with Crippen molar-refractivity contribution in [2.24, 2.45) is 0 Å². The second-order valence-corrected chi connectivity index (χ2v) is 7.09. The molecule has 3 rings (SSSR count). The molecule has 138 valence electrons. The summed E-state index contributed by atoms with van der Waals surface area (Å²) in [5, 5.41) is 0. The van der Waals surface area contributed by atoms with E-state index in [2.05, 4.69) is 0 Å². The van der Waals surface area contributed by atoms with Crippen molar-refractivity contribution in [3.8, 4) is 11.1 Å². The quantitative estimate of drug-likeness (QED) is 0.521. The zero-order valence-corrected chi connectivity index (χ0v) is 15.2. The van der Waals surface area contributed by atoms with Crippen LogP contribution in [0.2, 0.25) is 0 Å². The number of benzene rings is 2. The Morgan fingerprint density at radius 3 is 2.27 bits per heavy atom. The molecular weight excluding hydrogens is 333 g/mol. The van der Waals surface area contributed by atoms with Crippen LogP contribution in [0.3, 0.4) is 0 Å². The van der Waals surface area contributed by atoms with Crippen molar-refractivity contribution in [2.75, 3.05) is 0 Å². The summed E-state index contributed by atoms with van der Waals surface area (Å²) in [7, 11) is 0. The molecule has 0 bridgehead atoms. The highest BCUT2D eigenvalue weighted by Crippen LogP contribution is 2.35. The van der Waals surface area contributed by atoms with E-state index in [1.54, 1.807) is 18.2 Å². The van der Waals surface area contributed by atoms with Gasteiger partial charge in [0, 0.05) is 11.1 Å². The maximum absolute atomic E-state index is 14.5. The summed E-state index contributed by atoms with van der Waals surface area (Å²) < 4.78 is 42.1. The van der Waals surface area contributed by atoms with E-state index < -0.39 is 17.8 Å². The lowest BCUT2D eigenvalue weighted by molar-refractivity contribution is 0.235. The van der Waals surface area contributed by atoms with Gasteiger partial charge in [0.25, 0.3) is 0 Å². The van der Waals surface area contributed by atoms with Crippen LogP contribution in [0, 0.1) is 11.6 Å². The number of hydrogen-bond acceptors (Lipinski definition) is 0. The third kappa shape index (κ3) is 4.20. The summed E-state index contributed by atoms with van der Waals surface area (Å²) in [5.41, 5.74) is 2.36. The largest absolute Gasteiger partial charge is 0.247 e. The average Bonchev–Trinajstić information content (AvgIpc) is 2.66. The van der Waals surface area contributed by atoms with Crippen molar-refractivity contribution in [2.45, 2.75) is 57.5 Å². The molecule has 0 nitrogen and oxygen atoms in total. The highest BCUT2D eigenvalue weighted by molar-refractivity contribution is 5.67. The van der Waals surface area contributed by atoms with Crippen molar-refractivity contribution < 1.29 is 13.2 Å². The van der Waals surface area contributed by atoms with Crippen molar-refractivity contribution in [1.29, 1.82) is 0 Å². The van der Waals surface area contributed by atoms with Gasteiger partial charge in [0.2, 0.25) is 0 Å². The molecule has 2 aromatic rings. The van der Waals surface area contributed by atoms with Crippen LogP contribution < -0.4 is 0 Å². The zero-order valence-electron chi connectivity index (χ0n) is 15.2. The Labute approximate surface area is 153 Å². The van der Waals surface area contributed by atoms with E-state index in [-0.39, 0.29) is 11.1 Å². The maximum atomic E-state index is 14.5. The lowest BCUT2D eigenvalue weighted by Crippen LogP contribution is -2.13. The molecule has 1 aliphatic carbocycles. The molecule has 0 aromatic heterocycles. The molecule has 0 saturated heterocycles. The Morgan fingerprint density at radius 1 is 0.923 bits per heavy atom. The number of halogens is 3. The van der Waals surface area contributed by atoms with Crippen LogP contribution in [0.4, 0.5) is 13.2 Å². The minimum atomic E-state index is -0.811. The van der Waals surface area contributed by atoms with Gasteiger partial charge in [-0.2, -0.15) is 0 Å². The first-order valence-electron chi connectivity index (χ1n) is 9.49. The first kappa shape index (κ1) is 18.8. The lowest BCUT2D eigenvalue weighted by atomic mass is 9.83. The number of rotatable bonds is 5. The Kier molecular flexibility index (Phi) is 6.18. The molecule has 0 aliphatic heterocycles. The van der Waals surface area contributed by atoms with E-state index in [0.717, 1.165) is 31.2 Å². The smallest absolute Gasteiger partial charge is 0.167 e. The van der Waals surface area contributed by atoms with Crippen LogP contribution in [0.1, 0.15) is 62.5 Å². The van der Waals surface area contributed by atoms with Crippen molar-refractivity contribution in [3.63, 3.8) is 0 Å². The van der Waals surface area contributed by atoms with E-state index in [9.17, 15) is 13.2 Å². The molecule has 26 heavy (non-hydrogen) atoms. The van der Waals surface area contributed by atoms with E-state index >= 15 is 0 Å². The lowest BCUT2D eigenvalue weighted by Gasteiger charge is -2.24. The van der Waals surface area contributed by atoms with Crippen LogP contribution >= 0.6 is 0 Å². The molecule has 0 unspecified atom stereocenters. The van der Waals surface area contributed by atoms with Crippen LogP contribution in [0.5, 0.6) is 0 Å². The third-order valence-corrected chi connectivity index (χ3v) is 5.21. The van der Waals surface area contributed by atoms with E-state index in [1.165, 1.54) is 0 Å². The number of unbranched alkanes of at least 4 members (excludes halogenated alkanes) is 1. The molecule has 0 atom stereocenters. The van der Waals surface area contributed by atoms with Gasteiger partial charge >= 0.3 is 0 Å². The number of alkyl halides is 1. The molecule has 0 radical (unpaired) electrons. The van der Waals surface area contributed by atoms with Crippen molar-refractivity contribution in [1.82, 2.24) is 0 Å². The Balaban J connectivity index is 1.79. The first-order valence-corrected chi connectivity index (χ1v) is 9.49. The van der Waals surface area contributed by atoms with Crippen LogP contribution in [-0.2, 0) is 0 Å². The summed E-state index contributed by atoms with van der Waals surface area (Å²) in [5.74, 6) is -1.25. The van der Waals surface area contributed by atoms with Crippen molar-refractivity contribution >= 4 is 6.08 Å². The summed E-state index contributed by atoms with van der Waals surface area (Å²) in [6.07, 6.45) is 7.55. The Bertz CT molecular complexity index is 754. The van der Waals surface area contributed by atoms with Gasteiger partial charge in [-0.05, 0) is 49.1 Å². The predicted molar refractivity (Wildman–Crippen MR) is 102 cm³/mol. The number of allylic oxidation sites excluding steroid dienone is 1. The van der Waals surface area contributed by atoms with Crippen molar-refractivity contribution in [3.05, 3.63) is 65.2 Å². The molecule has 1 saturated carbocycles. The molecular formula is C23H25F3. The monoisotopic (exact) mass is 358 g/mol. The van der Waals surface area contributed by atoms with Crippen LogP contribution in [0.15, 0.2) is 42.5 Å². The third-order valence-electron chi connectivity index (χ3n) is 5.21. The maximum Gasteiger partial charge on any atom is 0.167 e. The van der Waals surface area contributed by atoms with Gasteiger partial charge in [0.15, 0.2) is 11.6 Å². The molecule has 3 heteroatoms. The van der Waals surface area contributed by atoms with Gasteiger partial charge in [-0.3, -0.25) is 0 Å². The topological polar surface area (TPSA) is 0 Å². The minimum Gasteiger partial charge on any atom is -0.247 e. The van der Waals surface area contributed by atoms with Gasteiger partial charge in [0.1, 0.15) is 6.17 Å².